The zero-order valence-corrected chi connectivity index (χ0v) is 10.1. The van der Waals surface area contributed by atoms with E-state index in [4.69, 9.17) is 11.5 Å². The topological polar surface area (TPSA) is 94.0 Å². The van der Waals surface area contributed by atoms with Crippen molar-refractivity contribution in [1.29, 1.82) is 0 Å². The Hall–Kier alpha value is -1.62. The van der Waals surface area contributed by atoms with Crippen LogP contribution in [0.5, 0.6) is 0 Å². The van der Waals surface area contributed by atoms with E-state index in [0.717, 1.165) is 24.9 Å². The van der Waals surface area contributed by atoms with E-state index in [1.165, 1.54) is 0 Å². The van der Waals surface area contributed by atoms with Crippen molar-refractivity contribution in [3.8, 4) is 0 Å². The number of hydrogen-bond donors (Lipinski definition) is 3. The molecule has 0 saturated carbocycles. The smallest absolute Gasteiger partial charge is 0.267 e. The Bertz CT molecular complexity index is 367. The number of rotatable bonds is 7. The summed E-state index contributed by atoms with van der Waals surface area (Å²) < 4.78 is 0. The number of unbranched alkanes of at least 4 members (excludes halogenated alkanes) is 1. The van der Waals surface area contributed by atoms with E-state index in [-0.39, 0.29) is 11.7 Å². The molecule has 94 valence electrons. The molecule has 1 rings (SSSR count). The van der Waals surface area contributed by atoms with Gasteiger partial charge in [-0.25, -0.2) is 0 Å². The third-order valence-electron chi connectivity index (χ3n) is 2.57. The van der Waals surface area contributed by atoms with Gasteiger partial charge in [-0.15, -0.1) is 0 Å². The molecule has 17 heavy (non-hydrogen) atoms. The van der Waals surface area contributed by atoms with E-state index in [2.05, 4.69) is 17.2 Å². The van der Waals surface area contributed by atoms with Gasteiger partial charge in [0.2, 0.25) is 0 Å². The number of carbonyl (C=O) groups excluding carboxylic acids is 1. The quantitative estimate of drug-likeness (QED) is 0.661. The fourth-order valence-electron chi connectivity index (χ4n) is 1.59. The lowest BCUT2D eigenvalue weighted by molar-refractivity contribution is 0.0995. The second kappa shape index (κ2) is 6.85. The summed E-state index contributed by atoms with van der Waals surface area (Å²) >= 11 is 0. The summed E-state index contributed by atoms with van der Waals surface area (Å²) in [6.45, 7) is 2.71. The number of carbonyl (C=O) groups is 1. The predicted molar refractivity (Wildman–Crippen MR) is 68.7 cm³/mol. The molecule has 5 heteroatoms. The average molecular weight is 236 g/mol. The minimum atomic E-state index is -0.522. The Morgan fingerprint density at radius 3 is 2.94 bits per heavy atom. The second-order valence-corrected chi connectivity index (χ2v) is 4.01. The highest BCUT2D eigenvalue weighted by molar-refractivity contribution is 5.91. The highest BCUT2D eigenvalue weighted by Gasteiger charge is 2.08. The van der Waals surface area contributed by atoms with Gasteiger partial charge in [0.1, 0.15) is 5.69 Å². The Kier molecular flexibility index (Phi) is 5.42. The Morgan fingerprint density at radius 1 is 1.59 bits per heavy atom. The largest absolute Gasteiger partial charge is 0.381 e. The molecule has 0 fully saturated rings. The molecule has 1 aromatic rings. The number of nitrogens with zero attached hydrogens (tertiary/aromatic N) is 1. The lowest BCUT2D eigenvalue weighted by atomic mass is 10.1. The van der Waals surface area contributed by atoms with Crippen LogP contribution in [-0.2, 0) is 0 Å². The van der Waals surface area contributed by atoms with Crippen LogP contribution in [0.25, 0.3) is 0 Å². The number of hydrogen-bond acceptors (Lipinski definition) is 4. The van der Waals surface area contributed by atoms with Gasteiger partial charge in [-0.1, -0.05) is 19.8 Å². The average Bonchev–Trinajstić information content (AvgIpc) is 2.34. The van der Waals surface area contributed by atoms with Gasteiger partial charge in [0.25, 0.3) is 5.91 Å². The third kappa shape index (κ3) is 4.40. The predicted octanol–water partition coefficient (Wildman–Crippen LogP) is 1.11. The maximum Gasteiger partial charge on any atom is 0.267 e. The van der Waals surface area contributed by atoms with Crippen LogP contribution in [0.1, 0.15) is 36.7 Å². The van der Waals surface area contributed by atoms with Crippen molar-refractivity contribution >= 4 is 11.6 Å². The molecule has 0 aromatic carbocycles. The van der Waals surface area contributed by atoms with Gasteiger partial charge >= 0.3 is 0 Å². The second-order valence-electron chi connectivity index (χ2n) is 4.01. The third-order valence-corrected chi connectivity index (χ3v) is 2.57. The van der Waals surface area contributed by atoms with Gasteiger partial charge in [0.15, 0.2) is 0 Å². The molecule has 0 saturated heterocycles. The molecule has 0 bridgehead atoms. The van der Waals surface area contributed by atoms with Crippen LogP contribution < -0.4 is 16.8 Å². The molecule has 1 amide bonds. The number of nitrogens with one attached hydrogen (secondary N) is 1. The molecule has 0 aliphatic carbocycles. The number of primary amides is 1. The van der Waals surface area contributed by atoms with E-state index >= 15 is 0 Å². The van der Waals surface area contributed by atoms with Gasteiger partial charge in [0, 0.05) is 24.5 Å². The van der Waals surface area contributed by atoms with Gasteiger partial charge < -0.3 is 16.8 Å². The number of anilines is 1. The fourth-order valence-corrected chi connectivity index (χ4v) is 1.59. The fraction of sp³-hybridized carbons (Fsp3) is 0.500. The van der Waals surface area contributed by atoms with Crippen LogP contribution in [-0.4, -0.2) is 23.5 Å². The van der Waals surface area contributed by atoms with Crippen LogP contribution in [0.4, 0.5) is 5.69 Å². The first-order valence-electron chi connectivity index (χ1n) is 5.89. The van der Waals surface area contributed by atoms with Gasteiger partial charge in [0.05, 0.1) is 0 Å². The first-order valence-corrected chi connectivity index (χ1v) is 5.89. The monoisotopic (exact) mass is 236 g/mol. The lowest BCUT2D eigenvalue weighted by Crippen LogP contribution is -2.29. The summed E-state index contributed by atoms with van der Waals surface area (Å²) in [7, 11) is 0. The molecular weight excluding hydrogens is 216 g/mol. The van der Waals surface area contributed by atoms with E-state index in [0.29, 0.717) is 6.54 Å². The Morgan fingerprint density at radius 2 is 2.35 bits per heavy atom. The van der Waals surface area contributed by atoms with Crippen molar-refractivity contribution < 1.29 is 4.79 Å². The van der Waals surface area contributed by atoms with E-state index in [1.807, 2.05) is 0 Å². The zero-order valence-electron chi connectivity index (χ0n) is 10.1. The summed E-state index contributed by atoms with van der Waals surface area (Å²) in [6, 6.07) is 3.68. The summed E-state index contributed by atoms with van der Waals surface area (Å²) in [5, 5.41) is 3.29. The summed E-state index contributed by atoms with van der Waals surface area (Å²) in [5.74, 6) is -0.522. The van der Waals surface area contributed by atoms with Crippen LogP contribution in [0.15, 0.2) is 18.3 Å². The van der Waals surface area contributed by atoms with Crippen molar-refractivity contribution in [3.63, 3.8) is 0 Å². The van der Waals surface area contributed by atoms with Gasteiger partial charge in [-0.2, -0.15) is 0 Å². The van der Waals surface area contributed by atoms with E-state index in [9.17, 15) is 4.79 Å². The summed E-state index contributed by atoms with van der Waals surface area (Å²) in [6.07, 6.45) is 4.85. The first-order chi connectivity index (χ1) is 8.17. The molecule has 0 radical (unpaired) electrons. The molecule has 1 unspecified atom stereocenters. The molecule has 5 nitrogen and oxygen atoms in total. The molecule has 1 heterocycles. The lowest BCUT2D eigenvalue weighted by Gasteiger charge is -2.17. The molecule has 0 aliphatic heterocycles. The van der Waals surface area contributed by atoms with Crippen molar-refractivity contribution in [2.75, 3.05) is 11.9 Å². The van der Waals surface area contributed by atoms with E-state index < -0.39 is 5.91 Å². The van der Waals surface area contributed by atoms with Crippen LogP contribution in [0.2, 0.25) is 0 Å². The maximum absolute atomic E-state index is 11.0. The van der Waals surface area contributed by atoms with Crippen molar-refractivity contribution in [1.82, 2.24) is 4.98 Å². The Balaban J connectivity index is 2.65. The van der Waals surface area contributed by atoms with Crippen molar-refractivity contribution in [2.24, 2.45) is 11.5 Å². The normalized spacial score (nSPS) is 12.1. The van der Waals surface area contributed by atoms with Crippen molar-refractivity contribution in [3.05, 3.63) is 24.0 Å². The molecule has 5 N–H and O–H groups in total. The highest BCUT2D eigenvalue weighted by atomic mass is 16.1. The van der Waals surface area contributed by atoms with Crippen molar-refractivity contribution in [2.45, 2.75) is 32.2 Å². The summed E-state index contributed by atoms with van der Waals surface area (Å²) in [5.41, 5.74) is 12.0. The molecule has 1 atom stereocenters. The standard InChI is InChI=1S/C12H20N4O/c1-2-3-4-10(8-13)16-9-5-6-15-11(7-9)12(14)17/h5-7,10H,2-4,8,13H2,1H3,(H2,14,17)(H,15,16). The SMILES string of the molecule is CCCCC(CN)Nc1ccnc(C(N)=O)c1. The summed E-state index contributed by atoms with van der Waals surface area (Å²) in [4.78, 5) is 14.9. The Labute approximate surface area is 102 Å². The minimum Gasteiger partial charge on any atom is -0.381 e. The number of nitrogens with two attached hydrogens (primary N) is 2. The molecule has 0 spiro atoms. The highest BCUT2D eigenvalue weighted by Crippen LogP contribution is 2.11. The zero-order chi connectivity index (χ0) is 12.7. The molecule has 1 aromatic heterocycles. The van der Waals surface area contributed by atoms with Crippen LogP contribution >= 0.6 is 0 Å². The number of amides is 1. The number of aromatic nitrogens is 1. The first kappa shape index (κ1) is 13.4. The molecular formula is C12H20N4O. The number of pyridine rings is 1. The maximum atomic E-state index is 11.0. The van der Waals surface area contributed by atoms with Crippen LogP contribution in [0.3, 0.4) is 0 Å². The van der Waals surface area contributed by atoms with Crippen LogP contribution in [0, 0.1) is 0 Å². The van der Waals surface area contributed by atoms with Gasteiger partial charge in [-0.3, -0.25) is 9.78 Å². The molecule has 0 aliphatic rings. The minimum absolute atomic E-state index is 0.220. The van der Waals surface area contributed by atoms with E-state index in [1.54, 1.807) is 18.3 Å². The van der Waals surface area contributed by atoms with Gasteiger partial charge in [-0.05, 0) is 18.6 Å².